The van der Waals surface area contributed by atoms with Gasteiger partial charge in [0.1, 0.15) is 10.8 Å². The van der Waals surface area contributed by atoms with Crippen LogP contribution < -0.4 is 5.32 Å². The van der Waals surface area contributed by atoms with Gasteiger partial charge in [0.2, 0.25) is 5.16 Å². The number of nitrogens with zero attached hydrogens (tertiary/aromatic N) is 5. The molecule has 1 aliphatic rings. The lowest BCUT2D eigenvalue weighted by Gasteiger charge is -2.09. The van der Waals surface area contributed by atoms with Gasteiger partial charge in [-0.15, -0.1) is 5.10 Å². The zero-order chi connectivity index (χ0) is 14.1. The number of nitrogens with one attached hydrogen (secondary N) is 1. The van der Waals surface area contributed by atoms with E-state index in [0.29, 0.717) is 32.1 Å². The maximum atomic E-state index is 6.19. The fraction of sp³-hybridized carbons (Fsp3) is 0.455. The standard InChI is InChI=1S/C11H12Cl2N6S/c1-2-14-9-7(12)5-8(13)10(15-9)20-11-16-17-18-19(11)6-3-4-6/h5-6H,2-4H2,1H3,(H,14,15). The molecule has 0 spiro atoms. The third-order valence-corrected chi connectivity index (χ3v) is 4.43. The number of hydrogen-bond acceptors (Lipinski definition) is 6. The summed E-state index contributed by atoms with van der Waals surface area (Å²) in [6.45, 7) is 2.71. The van der Waals surface area contributed by atoms with Crippen molar-refractivity contribution in [2.45, 2.75) is 36.0 Å². The Morgan fingerprint density at radius 3 is 2.90 bits per heavy atom. The van der Waals surface area contributed by atoms with E-state index >= 15 is 0 Å². The van der Waals surface area contributed by atoms with Crippen LogP contribution in [0.4, 0.5) is 5.82 Å². The molecule has 0 unspecified atom stereocenters. The molecule has 106 valence electrons. The van der Waals surface area contributed by atoms with E-state index in [9.17, 15) is 0 Å². The Kier molecular flexibility index (Phi) is 4.00. The first-order valence-corrected chi connectivity index (χ1v) is 7.82. The lowest BCUT2D eigenvalue weighted by Crippen LogP contribution is -2.02. The molecule has 0 aliphatic heterocycles. The summed E-state index contributed by atoms with van der Waals surface area (Å²) in [7, 11) is 0. The van der Waals surface area contributed by atoms with Crippen LogP contribution in [0.2, 0.25) is 10.0 Å². The van der Waals surface area contributed by atoms with Crippen LogP contribution in [0.5, 0.6) is 0 Å². The Bertz CT molecular complexity index is 627. The van der Waals surface area contributed by atoms with Gasteiger partial charge in [0.15, 0.2) is 0 Å². The first-order chi connectivity index (χ1) is 9.69. The Hall–Kier alpha value is -1.05. The van der Waals surface area contributed by atoms with E-state index < -0.39 is 0 Å². The van der Waals surface area contributed by atoms with Crippen LogP contribution in [0.1, 0.15) is 25.8 Å². The van der Waals surface area contributed by atoms with Crippen molar-refractivity contribution in [3.05, 3.63) is 16.1 Å². The average molecular weight is 331 g/mol. The van der Waals surface area contributed by atoms with Gasteiger partial charge in [0.25, 0.3) is 0 Å². The predicted molar refractivity (Wildman–Crippen MR) is 78.6 cm³/mol. The molecule has 9 heteroatoms. The van der Waals surface area contributed by atoms with Crippen LogP contribution in [-0.4, -0.2) is 31.7 Å². The average Bonchev–Trinajstić information content (AvgIpc) is 3.16. The van der Waals surface area contributed by atoms with Gasteiger partial charge in [-0.25, -0.2) is 9.67 Å². The smallest absolute Gasteiger partial charge is 0.215 e. The number of pyridine rings is 1. The molecule has 0 amide bonds. The van der Waals surface area contributed by atoms with Gasteiger partial charge in [-0.2, -0.15) is 0 Å². The highest BCUT2D eigenvalue weighted by Gasteiger charge is 2.28. The van der Waals surface area contributed by atoms with E-state index in [1.54, 1.807) is 6.07 Å². The minimum absolute atomic E-state index is 0.409. The molecule has 1 fully saturated rings. The Morgan fingerprint density at radius 1 is 1.40 bits per heavy atom. The Morgan fingerprint density at radius 2 is 2.20 bits per heavy atom. The van der Waals surface area contributed by atoms with Gasteiger partial charge in [0.05, 0.1) is 16.1 Å². The van der Waals surface area contributed by atoms with E-state index in [-0.39, 0.29) is 0 Å². The molecule has 2 heterocycles. The molecule has 1 saturated carbocycles. The zero-order valence-electron chi connectivity index (χ0n) is 10.7. The predicted octanol–water partition coefficient (Wildman–Crippen LogP) is 3.29. The largest absolute Gasteiger partial charge is 0.369 e. The summed E-state index contributed by atoms with van der Waals surface area (Å²) < 4.78 is 1.82. The molecule has 0 saturated heterocycles. The van der Waals surface area contributed by atoms with Crippen molar-refractivity contribution in [2.24, 2.45) is 0 Å². The normalized spacial score (nSPS) is 14.6. The summed E-state index contributed by atoms with van der Waals surface area (Å²) in [6.07, 6.45) is 2.23. The number of rotatable bonds is 5. The molecule has 1 N–H and O–H groups in total. The molecule has 0 aromatic carbocycles. The molecule has 3 rings (SSSR count). The van der Waals surface area contributed by atoms with Gasteiger partial charge in [-0.3, -0.25) is 0 Å². The highest BCUT2D eigenvalue weighted by atomic mass is 35.5. The molecular formula is C11H12Cl2N6S. The lowest BCUT2D eigenvalue weighted by molar-refractivity contribution is 0.565. The molecule has 2 aromatic heterocycles. The minimum atomic E-state index is 0.409. The van der Waals surface area contributed by atoms with Crippen molar-refractivity contribution in [1.29, 1.82) is 0 Å². The quantitative estimate of drug-likeness (QED) is 0.907. The molecule has 6 nitrogen and oxygen atoms in total. The monoisotopic (exact) mass is 330 g/mol. The van der Waals surface area contributed by atoms with Gasteiger partial charge in [-0.05, 0) is 48.0 Å². The van der Waals surface area contributed by atoms with Gasteiger partial charge < -0.3 is 5.32 Å². The summed E-state index contributed by atoms with van der Waals surface area (Å²) in [5.74, 6) is 0.617. The maximum Gasteiger partial charge on any atom is 0.215 e. The van der Waals surface area contributed by atoms with Crippen LogP contribution in [0.15, 0.2) is 16.2 Å². The van der Waals surface area contributed by atoms with Crippen LogP contribution in [0.3, 0.4) is 0 Å². The number of hydrogen-bond donors (Lipinski definition) is 1. The highest BCUT2D eigenvalue weighted by molar-refractivity contribution is 7.99. The molecule has 1 aliphatic carbocycles. The third-order valence-electron chi connectivity index (χ3n) is 2.78. The van der Waals surface area contributed by atoms with Crippen molar-refractivity contribution in [3.8, 4) is 0 Å². The van der Waals surface area contributed by atoms with Crippen molar-refractivity contribution in [1.82, 2.24) is 25.2 Å². The van der Waals surface area contributed by atoms with Crippen LogP contribution in [0, 0.1) is 0 Å². The fourth-order valence-corrected chi connectivity index (χ4v) is 3.06. The summed E-state index contributed by atoms with van der Waals surface area (Å²) in [5, 5.41) is 17.2. The summed E-state index contributed by atoms with van der Waals surface area (Å²) >= 11 is 13.6. The van der Waals surface area contributed by atoms with E-state index in [0.717, 1.165) is 19.4 Å². The summed E-state index contributed by atoms with van der Waals surface area (Å²) in [5.41, 5.74) is 0. The molecule has 0 bridgehead atoms. The van der Waals surface area contributed by atoms with Crippen LogP contribution >= 0.6 is 35.0 Å². The first kappa shape index (κ1) is 13.9. The van der Waals surface area contributed by atoms with E-state index in [2.05, 4.69) is 25.8 Å². The van der Waals surface area contributed by atoms with Crippen molar-refractivity contribution in [3.63, 3.8) is 0 Å². The zero-order valence-corrected chi connectivity index (χ0v) is 13.0. The fourth-order valence-electron chi connectivity index (χ4n) is 1.70. The van der Waals surface area contributed by atoms with Gasteiger partial charge in [0, 0.05) is 6.54 Å². The Labute approximate surface area is 130 Å². The maximum absolute atomic E-state index is 6.19. The molecule has 0 atom stereocenters. The summed E-state index contributed by atoms with van der Waals surface area (Å²) in [6, 6.07) is 2.09. The SMILES string of the molecule is CCNc1nc(Sc2nnnn2C2CC2)c(Cl)cc1Cl. The number of halogens is 2. The van der Waals surface area contributed by atoms with Crippen molar-refractivity contribution in [2.75, 3.05) is 11.9 Å². The topological polar surface area (TPSA) is 68.5 Å². The Balaban J connectivity index is 1.89. The third kappa shape index (κ3) is 2.84. The van der Waals surface area contributed by atoms with E-state index in [1.807, 2.05) is 11.6 Å². The first-order valence-electron chi connectivity index (χ1n) is 6.24. The number of aromatic nitrogens is 5. The highest BCUT2D eigenvalue weighted by Crippen LogP contribution is 2.40. The molecule has 2 aromatic rings. The second-order valence-electron chi connectivity index (χ2n) is 4.38. The van der Waals surface area contributed by atoms with Gasteiger partial charge >= 0.3 is 0 Å². The summed E-state index contributed by atoms with van der Waals surface area (Å²) in [4.78, 5) is 4.44. The molecule has 20 heavy (non-hydrogen) atoms. The van der Waals surface area contributed by atoms with Crippen LogP contribution in [0.25, 0.3) is 0 Å². The minimum Gasteiger partial charge on any atom is -0.369 e. The number of tetrazole rings is 1. The van der Waals surface area contributed by atoms with Crippen LogP contribution in [-0.2, 0) is 0 Å². The van der Waals surface area contributed by atoms with E-state index in [4.69, 9.17) is 23.2 Å². The molecule has 0 radical (unpaired) electrons. The second kappa shape index (κ2) is 5.75. The van der Waals surface area contributed by atoms with Gasteiger partial charge in [-0.1, -0.05) is 23.2 Å². The second-order valence-corrected chi connectivity index (χ2v) is 6.15. The van der Waals surface area contributed by atoms with Crippen molar-refractivity contribution >= 4 is 40.8 Å². The lowest BCUT2D eigenvalue weighted by atomic mass is 10.4. The van der Waals surface area contributed by atoms with E-state index in [1.165, 1.54) is 11.8 Å². The number of anilines is 1. The van der Waals surface area contributed by atoms with Crippen molar-refractivity contribution < 1.29 is 0 Å². The molecular weight excluding hydrogens is 319 g/mol.